The first-order chi connectivity index (χ1) is 18.1. The van der Waals surface area contributed by atoms with Crippen LogP contribution in [0.2, 0.25) is 0 Å². The molecular formula is C27H30N4O5S. The Bertz CT molecular complexity index is 1190. The number of thioether (sulfide) groups is 1. The Morgan fingerprint density at radius 1 is 0.892 bits per heavy atom. The molecule has 2 amide bonds. The maximum atomic E-state index is 12.7. The number of benzene rings is 2. The van der Waals surface area contributed by atoms with E-state index < -0.39 is 18.5 Å². The first-order valence-electron chi connectivity index (χ1n) is 12.5. The number of rotatable bonds is 9. The number of carbonyl (C=O) groups is 3. The van der Waals surface area contributed by atoms with Gasteiger partial charge in [0.15, 0.2) is 6.61 Å². The van der Waals surface area contributed by atoms with Crippen LogP contribution in [-0.2, 0) is 14.3 Å². The summed E-state index contributed by atoms with van der Waals surface area (Å²) in [6.07, 6.45) is 8.02. The number of hydrogen-bond donors (Lipinski definition) is 2. The van der Waals surface area contributed by atoms with Crippen LogP contribution in [0.25, 0.3) is 11.5 Å². The number of nitrogens with one attached hydrogen (secondary N) is 2. The third-order valence-corrected chi connectivity index (χ3v) is 7.04. The molecule has 4 rings (SSSR count). The van der Waals surface area contributed by atoms with Crippen LogP contribution in [0, 0.1) is 0 Å². The lowest BCUT2D eigenvalue weighted by Gasteiger charge is -2.21. The lowest BCUT2D eigenvalue weighted by atomic mass is 9.97. The van der Waals surface area contributed by atoms with Crippen molar-refractivity contribution in [2.75, 3.05) is 17.7 Å². The molecule has 10 heteroatoms. The normalized spacial score (nSPS) is 14.3. The van der Waals surface area contributed by atoms with E-state index in [1.807, 2.05) is 18.2 Å². The first kappa shape index (κ1) is 26.4. The van der Waals surface area contributed by atoms with Gasteiger partial charge in [-0.1, -0.05) is 67.5 Å². The Balaban J connectivity index is 1.25. The number of nitrogens with zero attached hydrogens (tertiary/aromatic N) is 2. The quantitative estimate of drug-likeness (QED) is 0.302. The zero-order valence-electron chi connectivity index (χ0n) is 20.5. The fraction of sp³-hybridized carbons (Fsp3) is 0.370. The van der Waals surface area contributed by atoms with Gasteiger partial charge in [-0.3, -0.25) is 14.9 Å². The first-order valence-corrected chi connectivity index (χ1v) is 13.4. The lowest BCUT2D eigenvalue weighted by molar-refractivity contribution is -0.120. The van der Waals surface area contributed by atoms with Crippen molar-refractivity contribution < 1.29 is 23.5 Å². The molecule has 0 radical (unpaired) electrons. The molecule has 37 heavy (non-hydrogen) atoms. The Labute approximate surface area is 219 Å². The van der Waals surface area contributed by atoms with E-state index in [9.17, 15) is 14.4 Å². The highest BCUT2D eigenvalue weighted by Gasteiger charge is 2.18. The van der Waals surface area contributed by atoms with Crippen LogP contribution in [0.3, 0.4) is 0 Å². The minimum absolute atomic E-state index is 0.0486. The molecule has 1 aliphatic rings. The van der Waals surface area contributed by atoms with Gasteiger partial charge in [0, 0.05) is 16.5 Å². The smallest absolute Gasteiger partial charge is 0.339 e. The van der Waals surface area contributed by atoms with Crippen LogP contribution in [0.5, 0.6) is 0 Å². The van der Waals surface area contributed by atoms with Crippen molar-refractivity contribution in [1.82, 2.24) is 15.5 Å². The summed E-state index contributed by atoms with van der Waals surface area (Å²) in [5.41, 5.74) is 1.01. The SMILES string of the molecule is O=C(COC(=O)c1ccccc1SCC(=O)NC1CCCCCCC1)Nc1nnc(-c2ccccc2)o1. The average molecular weight is 523 g/mol. The van der Waals surface area contributed by atoms with Crippen LogP contribution >= 0.6 is 11.8 Å². The van der Waals surface area contributed by atoms with Gasteiger partial charge < -0.3 is 14.5 Å². The minimum atomic E-state index is -0.658. The Morgan fingerprint density at radius 3 is 2.38 bits per heavy atom. The molecule has 1 heterocycles. The monoisotopic (exact) mass is 522 g/mol. The summed E-state index contributed by atoms with van der Waals surface area (Å²) in [5.74, 6) is -0.859. The molecular weight excluding hydrogens is 492 g/mol. The highest BCUT2D eigenvalue weighted by Crippen LogP contribution is 2.24. The zero-order valence-corrected chi connectivity index (χ0v) is 21.3. The second kappa shape index (κ2) is 13.6. The van der Waals surface area contributed by atoms with E-state index in [0.29, 0.717) is 10.5 Å². The van der Waals surface area contributed by atoms with E-state index in [1.54, 1.807) is 36.4 Å². The van der Waals surface area contributed by atoms with Gasteiger partial charge in [0.05, 0.1) is 11.3 Å². The molecule has 194 valence electrons. The fourth-order valence-electron chi connectivity index (χ4n) is 4.11. The number of ether oxygens (including phenoxy) is 1. The number of carbonyl (C=O) groups excluding carboxylic acids is 3. The predicted molar refractivity (Wildman–Crippen MR) is 140 cm³/mol. The van der Waals surface area contributed by atoms with E-state index in [-0.39, 0.29) is 29.6 Å². The summed E-state index contributed by atoms with van der Waals surface area (Å²) in [4.78, 5) is 38.1. The third kappa shape index (κ3) is 8.18. The summed E-state index contributed by atoms with van der Waals surface area (Å²) >= 11 is 1.27. The van der Waals surface area contributed by atoms with Crippen LogP contribution in [-0.4, -0.2) is 46.4 Å². The van der Waals surface area contributed by atoms with Gasteiger partial charge in [0.1, 0.15) is 0 Å². The van der Waals surface area contributed by atoms with Gasteiger partial charge in [0.2, 0.25) is 11.8 Å². The second-order valence-electron chi connectivity index (χ2n) is 8.80. The van der Waals surface area contributed by atoms with Crippen molar-refractivity contribution in [3.63, 3.8) is 0 Å². The molecule has 0 aliphatic heterocycles. The van der Waals surface area contributed by atoms with Gasteiger partial charge in [0.25, 0.3) is 5.91 Å². The van der Waals surface area contributed by atoms with E-state index in [0.717, 1.165) is 31.2 Å². The maximum absolute atomic E-state index is 12.7. The fourth-order valence-corrected chi connectivity index (χ4v) is 4.96. The highest BCUT2D eigenvalue weighted by atomic mass is 32.2. The van der Waals surface area contributed by atoms with E-state index in [4.69, 9.17) is 9.15 Å². The Morgan fingerprint density at radius 2 is 1.59 bits per heavy atom. The molecule has 2 N–H and O–H groups in total. The molecule has 1 fully saturated rings. The Kier molecular flexibility index (Phi) is 9.70. The summed E-state index contributed by atoms with van der Waals surface area (Å²) in [7, 11) is 0. The molecule has 0 atom stereocenters. The number of anilines is 1. The van der Waals surface area contributed by atoms with Crippen molar-refractivity contribution in [2.45, 2.75) is 55.9 Å². The lowest BCUT2D eigenvalue weighted by Crippen LogP contribution is -2.36. The minimum Gasteiger partial charge on any atom is -0.452 e. The largest absolute Gasteiger partial charge is 0.452 e. The number of aromatic nitrogens is 2. The summed E-state index contributed by atoms with van der Waals surface area (Å²) in [6, 6.07) is 16.1. The van der Waals surface area contributed by atoms with Crippen LogP contribution < -0.4 is 10.6 Å². The topological polar surface area (TPSA) is 123 Å². The average Bonchev–Trinajstić information content (AvgIpc) is 3.36. The molecule has 0 unspecified atom stereocenters. The second-order valence-corrected chi connectivity index (χ2v) is 9.81. The summed E-state index contributed by atoms with van der Waals surface area (Å²) in [5, 5.41) is 13.3. The van der Waals surface area contributed by atoms with E-state index in [1.165, 1.54) is 31.0 Å². The molecule has 1 aromatic heterocycles. The predicted octanol–water partition coefficient (Wildman–Crippen LogP) is 4.85. The van der Waals surface area contributed by atoms with Crippen LogP contribution in [0.15, 0.2) is 63.9 Å². The number of esters is 1. The van der Waals surface area contributed by atoms with Gasteiger partial charge in [-0.15, -0.1) is 16.9 Å². The molecule has 1 saturated carbocycles. The maximum Gasteiger partial charge on any atom is 0.339 e. The molecule has 9 nitrogen and oxygen atoms in total. The van der Waals surface area contributed by atoms with Crippen molar-refractivity contribution in [3.8, 4) is 11.5 Å². The van der Waals surface area contributed by atoms with Crippen LogP contribution in [0.4, 0.5) is 6.01 Å². The van der Waals surface area contributed by atoms with Crippen molar-refractivity contribution in [2.24, 2.45) is 0 Å². The molecule has 3 aromatic rings. The summed E-state index contributed by atoms with van der Waals surface area (Å²) in [6.45, 7) is -0.525. The van der Waals surface area contributed by atoms with Gasteiger partial charge in [-0.25, -0.2) is 4.79 Å². The standard InChI is InChI=1S/C27H30N4O5S/c32-23(29-27-31-30-25(36-27)19-11-5-4-6-12-19)17-35-26(34)21-15-9-10-16-22(21)37-18-24(33)28-20-13-7-2-1-3-8-14-20/h4-6,9-12,15-16,20H,1-3,7-8,13-14,17-18H2,(H,28,33)(H,29,31,32). The third-order valence-electron chi connectivity index (χ3n) is 5.96. The van der Waals surface area contributed by atoms with Gasteiger partial charge in [-0.05, 0) is 37.1 Å². The van der Waals surface area contributed by atoms with E-state index in [2.05, 4.69) is 20.8 Å². The van der Waals surface area contributed by atoms with Crippen molar-refractivity contribution >= 4 is 35.6 Å². The summed E-state index contributed by atoms with van der Waals surface area (Å²) < 4.78 is 10.6. The molecule has 0 saturated heterocycles. The Hall–Kier alpha value is -3.66. The number of amides is 2. The highest BCUT2D eigenvalue weighted by molar-refractivity contribution is 8.00. The van der Waals surface area contributed by atoms with E-state index >= 15 is 0 Å². The van der Waals surface area contributed by atoms with Crippen molar-refractivity contribution in [1.29, 1.82) is 0 Å². The number of hydrogen-bond acceptors (Lipinski definition) is 8. The molecule has 0 bridgehead atoms. The van der Waals surface area contributed by atoms with Gasteiger partial charge in [-0.2, -0.15) is 0 Å². The molecule has 2 aromatic carbocycles. The van der Waals surface area contributed by atoms with Crippen molar-refractivity contribution in [3.05, 3.63) is 60.2 Å². The molecule has 0 spiro atoms. The zero-order chi connectivity index (χ0) is 25.9. The van der Waals surface area contributed by atoms with Crippen LogP contribution in [0.1, 0.15) is 55.3 Å². The molecule has 1 aliphatic carbocycles. The van der Waals surface area contributed by atoms with Gasteiger partial charge >= 0.3 is 12.0 Å².